The highest BCUT2D eigenvalue weighted by Crippen LogP contribution is 2.60. The molecule has 0 atom stereocenters. The Morgan fingerprint density at radius 3 is 0.795 bits per heavy atom. The van der Waals surface area contributed by atoms with Gasteiger partial charge in [0.15, 0.2) is 0 Å². The highest BCUT2D eigenvalue weighted by molar-refractivity contribution is 5.09. The standard InChI is InChI=1S/C8H7F11O.C7H5F11O/c1-2-3-20-8(18,19)5(10,11)4(9,6(12,13)14)7(15,16)17;1-2-19-7(17,18)4(9,10)3(8,5(11,12)13)6(14,15)16/h2-3H2,1H3;2H2,1H3. The van der Waals surface area contributed by atoms with Gasteiger partial charge in [0.1, 0.15) is 0 Å². The van der Waals surface area contributed by atoms with Crippen molar-refractivity contribution in [3.8, 4) is 0 Å². The van der Waals surface area contributed by atoms with E-state index < -0.39 is 79.7 Å². The van der Waals surface area contributed by atoms with Crippen LogP contribution in [0.1, 0.15) is 20.3 Å². The second kappa shape index (κ2) is 11.3. The van der Waals surface area contributed by atoms with E-state index >= 15 is 0 Å². The molecule has 0 saturated carbocycles. The van der Waals surface area contributed by atoms with E-state index in [0.29, 0.717) is 6.92 Å². The zero-order valence-corrected chi connectivity index (χ0v) is 18.3. The second-order valence-corrected chi connectivity index (χ2v) is 6.77. The molecule has 0 rings (SSSR count). The summed E-state index contributed by atoms with van der Waals surface area (Å²) in [4.78, 5) is 0. The first kappa shape index (κ1) is 39.5. The van der Waals surface area contributed by atoms with Crippen molar-refractivity contribution in [3.63, 3.8) is 0 Å². The van der Waals surface area contributed by atoms with E-state index in [1.807, 2.05) is 0 Å². The monoisotopic (exact) mass is 642 g/mol. The van der Waals surface area contributed by atoms with Crippen LogP contribution >= 0.6 is 0 Å². The van der Waals surface area contributed by atoms with Crippen LogP contribution in [0, 0.1) is 0 Å². The van der Waals surface area contributed by atoms with E-state index in [4.69, 9.17) is 0 Å². The van der Waals surface area contributed by atoms with Crippen LogP contribution in [-0.2, 0) is 9.47 Å². The summed E-state index contributed by atoms with van der Waals surface area (Å²) in [6.07, 6.45) is -42.3. The minimum Gasteiger partial charge on any atom is -0.316 e. The largest absolute Gasteiger partial charge is 0.438 e. The summed E-state index contributed by atoms with van der Waals surface area (Å²) in [7, 11) is 0. The van der Waals surface area contributed by atoms with Crippen molar-refractivity contribution in [1.29, 1.82) is 0 Å². The summed E-state index contributed by atoms with van der Waals surface area (Å²) in [5.74, 6) is -14.4. The van der Waals surface area contributed by atoms with Gasteiger partial charge in [0.25, 0.3) is 0 Å². The zero-order valence-electron chi connectivity index (χ0n) is 18.3. The Kier molecular flexibility index (Phi) is 11.5. The number of ether oxygens (including phenoxy) is 2. The molecule has 0 unspecified atom stereocenters. The molecule has 0 spiro atoms. The maximum absolute atomic E-state index is 12.9. The molecule has 0 N–H and O–H groups in total. The molecule has 0 saturated heterocycles. The Hall–Kier alpha value is -1.62. The van der Waals surface area contributed by atoms with E-state index in [1.165, 1.54) is 0 Å². The molecule has 0 fully saturated rings. The van der Waals surface area contributed by atoms with Crippen molar-refractivity contribution < 1.29 is 106 Å². The normalized spacial score (nSPS) is 15.7. The highest BCUT2D eigenvalue weighted by Gasteiger charge is 2.92. The number of halogens is 22. The zero-order chi connectivity index (χ0) is 32.5. The van der Waals surface area contributed by atoms with Crippen molar-refractivity contribution in [3.05, 3.63) is 0 Å². The molecule has 0 amide bonds. The molecular weight excluding hydrogens is 630 g/mol. The van der Waals surface area contributed by atoms with Crippen molar-refractivity contribution in [2.45, 2.75) is 80.4 Å². The fourth-order valence-corrected chi connectivity index (χ4v) is 2.03. The quantitative estimate of drug-likeness (QED) is 0.235. The molecule has 2 nitrogen and oxygen atoms in total. The summed E-state index contributed by atoms with van der Waals surface area (Å²) < 4.78 is 277. The average molecular weight is 642 g/mol. The first-order valence-electron chi connectivity index (χ1n) is 9.06. The summed E-state index contributed by atoms with van der Waals surface area (Å²) in [5.41, 5.74) is -14.9. The molecular formula is C15H12F22O2. The third-order valence-corrected chi connectivity index (χ3v) is 3.97. The Morgan fingerprint density at radius 2 is 0.615 bits per heavy atom. The first-order chi connectivity index (χ1) is 16.6. The Morgan fingerprint density at radius 1 is 0.385 bits per heavy atom. The van der Waals surface area contributed by atoms with Gasteiger partial charge >= 0.3 is 60.1 Å². The van der Waals surface area contributed by atoms with E-state index in [0.717, 1.165) is 6.92 Å². The molecule has 0 aromatic carbocycles. The van der Waals surface area contributed by atoms with Gasteiger partial charge in [0.2, 0.25) is 0 Å². The molecule has 0 aromatic heterocycles. The topological polar surface area (TPSA) is 18.5 Å². The fourth-order valence-electron chi connectivity index (χ4n) is 2.03. The average Bonchev–Trinajstić information content (AvgIpc) is 2.67. The Balaban J connectivity index is 0. The third kappa shape index (κ3) is 6.82. The molecule has 0 heterocycles. The van der Waals surface area contributed by atoms with Crippen LogP contribution in [0.15, 0.2) is 0 Å². The second-order valence-electron chi connectivity index (χ2n) is 6.77. The number of hydrogen-bond acceptors (Lipinski definition) is 2. The lowest BCUT2D eigenvalue weighted by atomic mass is 9.95. The molecule has 0 aliphatic carbocycles. The van der Waals surface area contributed by atoms with E-state index in [1.54, 1.807) is 0 Å². The Bertz CT molecular complexity index is 744. The van der Waals surface area contributed by atoms with Crippen LogP contribution in [0.2, 0.25) is 0 Å². The van der Waals surface area contributed by atoms with Gasteiger partial charge in [0, 0.05) is 0 Å². The fraction of sp³-hybridized carbons (Fsp3) is 1.00. The summed E-state index contributed by atoms with van der Waals surface area (Å²) in [6, 6.07) is 0. The molecule has 0 radical (unpaired) electrons. The maximum Gasteiger partial charge on any atom is 0.438 e. The SMILES string of the molecule is CCCOC(F)(F)C(F)(F)C(F)(C(F)(F)F)C(F)(F)F.CCOC(F)(F)C(F)(F)C(F)(C(F)(F)F)C(F)(F)F. The van der Waals surface area contributed by atoms with Gasteiger partial charge in [-0.3, -0.25) is 0 Å². The van der Waals surface area contributed by atoms with Gasteiger partial charge in [-0.05, 0) is 13.3 Å². The molecule has 0 bridgehead atoms. The molecule has 39 heavy (non-hydrogen) atoms. The maximum atomic E-state index is 12.9. The summed E-state index contributed by atoms with van der Waals surface area (Å²) in [6.45, 7) is -1.02. The van der Waals surface area contributed by atoms with E-state index in [9.17, 15) is 96.6 Å². The van der Waals surface area contributed by atoms with E-state index in [-0.39, 0.29) is 0 Å². The molecule has 0 aliphatic heterocycles. The van der Waals surface area contributed by atoms with Crippen LogP contribution in [0.5, 0.6) is 0 Å². The third-order valence-electron chi connectivity index (χ3n) is 3.97. The van der Waals surface area contributed by atoms with Gasteiger partial charge in [0.05, 0.1) is 13.2 Å². The lowest BCUT2D eigenvalue weighted by molar-refractivity contribution is -0.462. The van der Waals surface area contributed by atoms with Crippen LogP contribution in [0.3, 0.4) is 0 Å². The van der Waals surface area contributed by atoms with Gasteiger partial charge in [-0.1, -0.05) is 6.92 Å². The lowest BCUT2D eigenvalue weighted by Crippen LogP contribution is -2.70. The number of hydrogen-bond donors (Lipinski definition) is 0. The molecule has 0 aromatic rings. The van der Waals surface area contributed by atoms with Gasteiger partial charge in [-0.2, -0.15) is 87.8 Å². The van der Waals surface area contributed by atoms with Crippen molar-refractivity contribution in [1.82, 2.24) is 0 Å². The molecule has 0 aliphatic rings. The summed E-state index contributed by atoms with van der Waals surface area (Å²) in [5, 5.41) is 0. The van der Waals surface area contributed by atoms with Gasteiger partial charge < -0.3 is 9.47 Å². The molecule has 238 valence electrons. The van der Waals surface area contributed by atoms with Crippen LogP contribution in [0.25, 0.3) is 0 Å². The van der Waals surface area contributed by atoms with Gasteiger partial charge in [-0.25, -0.2) is 8.78 Å². The minimum atomic E-state index is -7.45. The van der Waals surface area contributed by atoms with Crippen molar-refractivity contribution in [2.24, 2.45) is 0 Å². The predicted molar refractivity (Wildman–Crippen MR) is 79.6 cm³/mol. The minimum absolute atomic E-state index is 0.428. The Labute approximate surface area is 201 Å². The van der Waals surface area contributed by atoms with Crippen molar-refractivity contribution in [2.75, 3.05) is 13.2 Å². The van der Waals surface area contributed by atoms with E-state index in [2.05, 4.69) is 9.47 Å². The first-order valence-corrected chi connectivity index (χ1v) is 9.06. The molecule has 24 heteroatoms. The lowest BCUT2D eigenvalue weighted by Gasteiger charge is -2.38. The van der Waals surface area contributed by atoms with Gasteiger partial charge in [-0.15, -0.1) is 0 Å². The number of alkyl halides is 22. The number of rotatable bonds is 9. The smallest absolute Gasteiger partial charge is 0.316 e. The highest BCUT2D eigenvalue weighted by atomic mass is 19.4. The van der Waals surface area contributed by atoms with Crippen molar-refractivity contribution >= 4 is 0 Å². The van der Waals surface area contributed by atoms with Crippen LogP contribution in [-0.4, -0.2) is 73.3 Å². The predicted octanol–water partition coefficient (Wildman–Crippen LogP) is 8.56. The van der Waals surface area contributed by atoms with Crippen LogP contribution < -0.4 is 0 Å². The summed E-state index contributed by atoms with van der Waals surface area (Å²) >= 11 is 0. The van der Waals surface area contributed by atoms with Crippen LogP contribution in [0.4, 0.5) is 96.6 Å².